The van der Waals surface area contributed by atoms with E-state index < -0.39 is 28.5 Å². The number of benzene rings is 3. The molecule has 0 unspecified atom stereocenters. The van der Waals surface area contributed by atoms with Gasteiger partial charge in [-0.15, -0.1) is 0 Å². The zero-order chi connectivity index (χ0) is 33.9. The van der Waals surface area contributed by atoms with E-state index in [1.807, 2.05) is 24.3 Å². The van der Waals surface area contributed by atoms with E-state index in [4.69, 9.17) is 9.72 Å². The Hall–Kier alpha value is -4.34. The Labute approximate surface area is 277 Å². The maximum absolute atomic E-state index is 13.7. The van der Waals surface area contributed by atoms with Crippen LogP contribution in [0.2, 0.25) is 0 Å². The number of anilines is 1. The molecule has 0 radical (unpaired) electrons. The van der Waals surface area contributed by atoms with Crippen LogP contribution in [0.25, 0.3) is 22.6 Å². The minimum absolute atomic E-state index is 0.0602. The third kappa shape index (κ3) is 7.31. The molecule has 1 aliphatic rings. The molecule has 1 heterocycles. The molecule has 246 valence electrons. The van der Waals surface area contributed by atoms with Gasteiger partial charge in [-0.25, -0.2) is 18.2 Å². The number of carbonyl (C=O) groups is 2. The number of sulfonamides is 1. The number of hydrogen-bond donors (Lipinski definition) is 1. The van der Waals surface area contributed by atoms with Gasteiger partial charge in [0.1, 0.15) is 0 Å². The number of hydrogen-bond acceptors (Lipinski definition) is 6. The van der Waals surface area contributed by atoms with Crippen LogP contribution >= 0.6 is 0 Å². The van der Waals surface area contributed by atoms with Gasteiger partial charge in [-0.05, 0) is 83.7 Å². The molecule has 8 nitrogen and oxygen atoms in total. The molecule has 1 N–H and O–H groups in total. The first-order valence-corrected chi connectivity index (χ1v) is 17.6. The van der Waals surface area contributed by atoms with E-state index in [0.717, 1.165) is 35.2 Å². The zero-order valence-electron chi connectivity index (χ0n) is 28.0. The van der Waals surface area contributed by atoms with Crippen LogP contribution in [0.1, 0.15) is 85.8 Å². The summed E-state index contributed by atoms with van der Waals surface area (Å²) in [6, 6.07) is 20.7. The van der Waals surface area contributed by atoms with Crippen molar-refractivity contribution in [2.75, 3.05) is 25.0 Å². The maximum atomic E-state index is 13.7. The summed E-state index contributed by atoms with van der Waals surface area (Å²) in [6.45, 7) is 12.0. The molecule has 0 atom stereocenters. The van der Waals surface area contributed by atoms with Gasteiger partial charge in [0.2, 0.25) is 10.0 Å². The summed E-state index contributed by atoms with van der Waals surface area (Å²) >= 11 is 0. The van der Waals surface area contributed by atoms with Crippen molar-refractivity contribution in [1.82, 2.24) is 9.29 Å². The number of allylic oxidation sites excluding steroid dienone is 1. The lowest BCUT2D eigenvalue weighted by Gasteiger charge is -2.23. The van der Waals surface area contributed by atoms with Crippen molar-refractivity contribution in [2.24, 2.45) is 0 Å². The topological polar surface area (TPSA) is 106 Å². The number of ether oxygens (including phenoxy) is 1. The molecule has 3 aromatic carbocycles. The van der Waals surface area contributed by atoms with Crippen LogP contribution in [0.15, 0.2) is 71.6 Å². The molecule has 0 spiro atoms. The minimum atomic E-state index is -3.73. The highest BCUT2D eigenvalue weighted by Crippen LogP contribution is 2.37. The number of nitrogens with one attached hydrogen (secondary N) is 1. The summed E-state index contributed by atoms with van der Waals surface area (Å²) in [4.78, 5) is 31.8. The minimum Gasteiger partial charge on any atom is -0.452 e. The first-order chi connectivity index (χ1) is 22.3. The van der Waals surface area contributed by atoms with Crippen molar-refractivity contribution in [3.05, 3.63) is 100 Å². The van der Waals surface area contributed by atoms with Gasteiger partial charge in [-0.1, -0.05) is 83.1 Å². The van der Waals surface area contributed by atoms with Crippen LogP contribution < -0.4 is 5.32 Å². The predicted octanol–water partition coefficient (Wildman–Crippen LogP) is 7.54. The largest absolute Gasteiger partial charge is 0.452 e. The Bertz CT molecular complexity index is 1950. The normalized spacial score (nSPS) is 14.3. The average Bonchev–Trinajstić information content (AvgIpc) is 3.04. The van der Waals surface area contributed by atoms with Gasteiger partial charge >= 0.3 is 5.97 Å². The van der Waals surface area contributed by atoms with Crippen LogP contribution in [-0.2, 0) is 31.4 Å². The van der Waals surface area contributed by atoms with Gasteiger partial charge in [-0.3, -0.25) is 4.79 Å². The first-order valence-electron chi connectivity index (χ1n) is 16.1. The van der Waals surface area contributed by atoms with Crippen molar-refractivity contribution in [3.8, 4) is 0 Å². The number of amides is 1. The second-order valence-corrected chi connectivity index (χ2v) is 14.8. The molecule has 9 heteroatoms. The quantitative estimate of drug-likeness (QED) is 0.187. The monoisotopic (exact) mass is 653 g/mol. The van der Waals surface area contributed by atoms with E-state index in [1.54, 1.807) is 32.9 Å². The van der Waals surface area contributed by atoms with E-state index in [0.29, 0.717) is 47.2 Å². The van der Waals surface area contributed by atoms with Gasteiger partial charge in [0.15, 0.2) is 6.61 Å². The van der Waals surface area contributed by atoms with Gasteiger partial charge in [0.05, 0.1) is 21.7 Å². The average molecular weight is 654 g/mol. The fourth-order valence-corrected chi connectivity index (χ4v) is 7.76. The van der Waals surface area contributed by atoms with Crippen molar-refractivity contribution < 1.29 is 22.7 Å². The van der Waals surface area contributed by atoms with E-state index in [9.17, 15) is 18.0 Å². The molecular formula is C38H43N3O5S. The van der Waals surface area contributed by atoms with Crippen molar-refractivity contribution in [1.29, 1.82) is 0 Å². The second-order valence-electron chi connectivity index (χ2n) is 12.9. The molecule has 0 saturated heterocycles. The van der Waals surface area contributed by atoms with Gasteiger partial charge in [0, 0.05) is 24.2 Å². The first kappa shape index (κ1) is 34.0. The van der Waals surface area contributed by atoms with E-state index in [2.05, 4.69) is 56.4 Å². The van der Waals surface area contributed by atoms with E-state index in [1.165, 1.54) is 15.9 Å². The summed E-state index contributed by atoms with van der Waals surface area (Å²) in [5, 5.41) is 3.37. The van der Waals surface area contributed by atoms with Gasteiger partial charge in [0.25, 0.3) is 5.91 Å². The highest BCUT2D eigenvalue weighted by atomic mass is 32.2. The van der Waals surface area contributed by atoms with Crippen molar-refractivity contribution in [2.45, 2.75) is 71.1 Å². The van der Waals surface area contributed by atoms with Crippen molar-refractivity contribution in [3.63, 3.8) is 0 Å². The van der Waals surface area contributed by atoms with Crippen LogP contribution in [0, 0.1) is 6.92 Å². The number of nitrogens with zero attached hydrogens (tertiary/aromatic N) is 2. The lowest BCUT2D eigenvalue weighted by molar-refractivity contribution is -0.119. The zero-order valence-corrected chi connectivity index (χ0v) is 28.8. The Morgan fingerprint density at radius 3 is 2.36 bits per heavy atom. The fourth-order valence-electron chi connectivity index (χ4n) is 6.05. The van der Waals surface area contributed by atoms with Crippen LogP contribution in [0.5, 0.6) is 0 Å². The highest BCUT2D eigenvalue weighted by molar-refractivity contribution is 7.89. The second kappa shape index (κ2) is 13.8. The Balaban J connectivity index is 1.39. The molecular weight excluding hydrogens is 611 g/mol. The number of carbonyl (C=O) groups excluding carboxylic acids is 2. The van der Waals surface area contributed by atoms with E-state index in [-0.39, 0.29) is 10.3 Å². The molecule has 0 saturated carbocycles. The van der Waals surface area contributed by atoms with Gasteiger partial charge in [-0.2, -0.15) is 4.31 Å². The van der Waals surface area contributed by atoms with Crippen LogP contribution in [0.3, 0.4) is 0 Å². The summed E-state index contributed by atoms with van der Waals surface area (Å²) in [7, 11) is -3.73. The number of aromatic nitrogens is 1. The molecule has 0 bridgehead atoms. The number of para-hydroxylation sites is 1. The SMILES string of the molecule is CCN(CC)S(=O)(=O)c1cc(NC(=O)COC(=O)c2c3c(nc4ccccc24)C(=Cc2ccc(C(C)(C)C)cc2)CCC3)ccc1C. The van der Waals surface area contributed by atoms with E-state index >= 15 is 0 Å². The Morgan fingerprint density at radius 2 is 1.68 bits per heavy atom. The molecule has 1 amide bonds. The number of rotatable bonds is 9. The number of fused-ring (bicyclic) bond motifs is 2. The third-order valence-electron chi connectivity index (χ3n) is 8.62. The highest BCUT2D eigenvalue weighted by Gasteiger charge is 2.27. The Kier molecular flexibility index (Phi) is 9.98. The smallest absolute Gasteiger partial charge is 0.339 e. The molecule has 0 fully saturated rings. The van der Waals surface area contributed by atoms with Crippen molar-refractivity contribution >= 4 is 50.1 Å². The molecule has 47 heavy (non-hydrogen) atoms. The predicted molar refractivity (Wildman–Crippen MR) is 188 cm³/mol. The third-order valence-corrected chi connectivity index (χ3v) is 10.8. The number of pyridine rings is 1. The lowest BCUT2D eigenvalue weighted by Crippen LogP contribution is -2.31. The molecule has 4 aromatic rings. The standard InChI is InChI=1S/C38H43N3O5S/c1-7-41(8-2)47(44,45)33-23-29(21-16-25(33)3)39-34(42)24-46-37(43)35-30-13-9-10-15-32(30)40-36-27(12-11-14-31(35)36)22-26-17-19-28(20-18-26)38(4,5)6/h9-10,13,15-23H,7-8,11-12,14,24H2,1-6H3,(H,39,42). The molecule has 1 aliphatic carbocycles. The Morgan fingerprint density at radius 1 is 0.979 bits per heavy atom. The molecule has 5 rings (SSSR count). The summed E-state index contributed by atoms with van der Waals surface area (Å²) in [6.07, 6.45) is 4.49. The van der Waals surface area contributed by atoms with Crippen LogP contribution in [-0.4, -0.2) is 49.3 Å². The van der Waals surface area contributed by atoms with Gasteiger partial charge < -0.3 is 10.1 Å². The lowest BCUT2D eigenvalue weighted by atomic mass is 9.85. The number of esters is 1. The summed E-state index contributed by atoms with van der Waals surface area (Å²) < 4.78 is 33.3. The summed E-state index contributed by atoms with van der Waals surface area (Å²) in [5.74, 6) is -1.17. The van der Waals surface area contributed by atoms with Crippen LogP contribution in [0.4, 0.5) is 5.69 Å². The molecule has 1 aromatic heterocycles. The fraction of sp³-hybridized carbons (Fsp3) is 0.342. The summed E-state index contributed by atoms with van der Waals surface area (Å²) in [5.41, 5.74) is 7.04. The maximum Gasteiger partial charge on any atom is 0.339 e. The molecule has 0 aliphatic heterocycles. The number of aryl methyl sites for hydroxylation is 1.